The Labute approximate surface area is 146 Å². The lowest BCUT2D eigenvalue weighted by atomic mass is 10.0. The summed E-state index contributed by atoms with van der Waals surface area (Å²) in [6.45, 7) is 0.662. The zero-order valence-corrected chi connectivity index (χ0v) is 14.0. The molecule has 3 aromatic rings. The van der Waals surface area contributed by atoms with Crippen molar-refractivity contribution >= 4 is 22.5 Å². The average molecular weight is 336 g/mol. The van der Waals surface area contributed by atoms with Gasteiger partial charge in [-0.1, -0.05) is 12.1 Å². The molecule has 2 heterocycles. The van der Waals surface area contributed by atoms with Crippen LogP contribution in [-0.2, 0) is 9.53 Å². The lowest BCUT2D eigenvalue weighted by molar-refractivity contribution is -0.124. The van der Waals surface area contributed by atoms with Gasteiger partial charge in [0.15, 0.2) is 0 Å². The maximum atomic E-state index is 12.2. The molecule has 0 aliphatic carbocycles. The van der Waals surface area contributed by atoms with E-state index in [2.05, 4.69) is 10.3 Å². The number of carbonyl (C=O) groups excluding carboxylic acids is 1. The van der Waals surface area contributed by atoms with Gasteiger partial charge in [0.2, 0.25) is 0 Å². The van der Waals surface area contributed by atoms with Crippen molar-refractivity contribution in [3.63, 3.8) is 0 Å². The van der Waals surface area contributed by atoms with Gasteiger partial charge in [-0.15, -0.1) is 0 Å². The molecule has 1 aliphatic rings. The highest BCUT2D eigenvalue weighted by Crippen LogP contribution is 2.32. The number of H-pyrrole nitrogens is 1. The summed E-state index contributed by atoms with van der Waals surface area (Å²) in [5.41, 5.74) is 3.92. The summed E-state index contributed by atoms with van der Waals surface area (Å²) in [6, 6.07) is 13.8. The molecule has 1 unspecified atom stereocenters. The molecule has 5 nitrogen and oxygen atoms in total. The van der Waals surface area contributed by atoms with Crippen molar-refractivity contribution in [3.8, 4) is 16.9 Å². The molecular formula is C20H20N2O3. The summed E-state index contributed by atoms with van der Waals surface area (Å²) in [6.07, 6.45) is 3.37. The molecule has 0 saturated carbocycles. The van der Waals surface area contributed by atoms with E-state index >= 15 is 0 Å². The molecule has 1 atom stereocenters. The Kier molecular flexibility index (Phi) is 4.15. The molecule has 1 aliphatic heterocycles. The number of methoxy groups -OCH3 is 1. The van der Waals surface area contributed by atoms with Gasteiger partial charge in [-0.05, 0) is 48.7 Å². The number of nitrogens with one attached hydrogen (secondary N) is 2. The van der Waals surface area contributed by atoms with Crippen LogP contribution < -0.4 is 10.1 Å². The van der Waals surface area contributed by atoms with Gasteiger partial charge >= 0.3 is 0 Å². The van der Waals surface area contributed by atoms with Gasteiger partial charge in [0.1, 0.15) is 11.9 Å². The van der Waals surface area contributed by atoms with E-state index in [1.807, 2.05) is 48.7 Å². The van der Waals surface area contributed by atoms with Gasteiger partial charge in [-0.2, -0.15) is 0 Å². The van der Waals surface area contributed by atoms with Crippen molar-refractivity contribution in [1.29, 1.82) is 0 Å². The van der Waals surface area contributed by atoms with E-state index in [1.165, 1.54) is 0 Å². The Morgan fingerprint density at radius 2 is 2.20 bits per heavy atom. The van der Waals surface area contributed by atoms with Gasteiger partial charge in [0, 0.05) is 35.0 Å². The minimum absolute atomic E-state index is 0.0738. The standard InChI is InChI=1S/C20H20N2O3/c1-24-15-7-8-18-16(11-15)17(12-21-18)13-4-2-5-14(10-13)22-20(23)19-6-3-9-25-19/h2,4-5,7-8,10-12,19,21H,3,6,9H2,1H3,(H,22,23). The van der Waals surface area contributed by atoms with Crippen molar-refractivity contribution in [1.82, 2.24) is 4.98 Å². The zero-order valence-electron chi connectivity index (χ0n) is 14.0. The molecule has 2 aromatic carbocycles. The molecular weight excluding hydrogens is 316 g/mol. The van der Waals surface area contributed by atoms with E-state index in [0.717, 1.165) is 46.3 Å². The third-order valence-corrected chi connectivity index (χ3v) is 4.55. The summed E-state index contributed by atoms with van der Waals surface area (Å²) in [4.78, 5) is 15.5. The molecule has 2 N–H and O–H groups in total. The van der Waals surface area contributed by atoms with E-state index in [9.17, 15) is 4.79 Å². The minimum Gasteiger partial charge on any atom is -0.497 e. The Morgan fingerprint density at radius 3 is 3.00 bits per heavy atom. The van der Waals surface area contributed by atoms with Crippen LogP contribution in [0.1, 0.15) is 12.8 Å². The first-order valence-electron chi connectivity index (χ1n) is 8.42. The van der Waals surface area contributed by atoms with Gasteiger partial charge in [0.05, 0.1) is 7.11 Å². The molecule has 1 amide bonds. The van der Waals surface area contributed by atoms with Crippen LogP contribution in [0.15, 0.2) is 48.7 Å². The first-order valence-corrected chi connectivity index (χ1v) is 8.42. The second-order valence-electron chi connectivity index (χ2n) is 6.19. The molecule has 4 rings (SSSR count). The van der Waals surface area contributed by atoms with Crippen LogP contribution >= 0.6 is 0 Å². The largest absolute Gasteiger partial charge is 0.497 e. The van der Waals surface area contributed by atoms with Crippen LogP contribution in [0.5, 0.6) is 5.75 Å². The quantitative estimate of drug-likeness (QED) is 0.758. The molecule has 5 heteroatoms. The number of fused-ring (bicyclic) bond motifs is 1. The summed E-state index contributed by atoms with van der Waals surface area (Å²) in [5.74, 6) is 0.742. The molecule has 0 spiro atoms. The number of aromatic nitrogens is 1. The van der Waals surface area contributed by atoms with Crippen LogP contribution in [-0.4, -0.2) is 30.7 Å². The van der Waals surface area contributed by atoms with Gasteiger partial charge in [0.25, 0.3) is 5.91 Å². The fourth-order valence-electron chi connectivity index (χ4n) is 3.24. The SMILES string of the molecule is COc1ccc2[nH]cc(-c3cccc(NC(=O)C4CCCO4)c3)c2c1. The third kappa shape index (κ3) is 3.10. The number of aromatic amines is 1. The first-order chi connectivity index (χ1) is 12.2. The lowest BCUT2D eigenvalue weighted by Gasteiger charge is -2.11. The number of amides is 1. The van der Waals surface area contributed by atoms with Crippen LogP contribution in [0.2, 0.25) is 0 Å². The van der Waals surface area contributed by atoms with Crippen molar-refractivity contribution in [2.45, 2.75) is 18.9 Å². The van der Waals surface area contributed by atoms with E-state index in [-0.39, 0.29) is 12.0 Å². The van der Waals surface area contributed by atoms with E-state index in [0.29, 0.717) is 6.61 Å². The third-order valence-electron chi connectivity index (χ3n) is 4.55. The zero-order chi connectivity index (χ0) is 17.2. The normalized spacial score (nSPS) is 16.9. The molecule has 1 aromatic heterocycles. The molecule has 0 radical (unpaired) electrons. The van der Waals surface area contributed by atoms with E-state index < -0.39 is 0 Å². The Morgan fingerprint density at radius 1 is 1.28 bits per heavy atom. The summed E-state index contributed by atoms with van der Waals surface area (Å²) in [5, 5.41) is 4.04. The number of hydrogen-bond acceptors (Lipinski definition) is 3. The van der Waals surface area contributed by atoms with E-state index in [1.54, 1.807) is 7.11 Å². The van der Waals surface area contributed by atoms with Crippen LogP contribution in [0.3, 0.4) is 0 Å². The van der Waals surface area contributed by atoms with Gasteiger partial charge in [-0.25, -0.2) is 0 Å². The minimum atomic E-state index is -0.332. The summed E-state index contributed by atoms with van der Waals surface area (Å²) in [7, 11) is 1.66. The number of rotatable bonds is 4. The topological polar surface area (TPSA) is 63.3 Å². The number of ether oxygens (including phenoxy) is 2. The van der Waals surface area contributed by atoms with Gasteiger partial charge < -0.3 is 19.8 Å². The van der Waals surface area contributed by atoms with E-state index in [4.69, 9.17) is 9.47 Å². The molecule has 1 saturated heterocycles. The first kappa shape index (κ1) is 15.7. The highest BCUT2D eigenvalue weighted by Gasteiger charge is 2.23. The maximum Gasteiger partial charge on any atom is 0.253 e. The van der Waals surface area contributed by atoms with Gasteiger partial charge in [-0.3, -0.25) is 4.79 Å². The molecule has 128 valence electrons. The fraction of sp³-hybridized carbons (Fsp3) is 0.250. The number of hydrogen-bond donors (Lipinski definition) is 2. The van der Waals surface area contributed by atoms with Crippen LogP contribution in [0.25, 0.3) is 22.0 Å². The number of anilines is 1. The number of carbonyl (C=O) groups is 1. The van der Waals surface area contributed by atoms with Crippen molar-refractivity contribution in [2.24, 2.45) is 0 Å². The van der Waals surface area contributed by atoms with Crippen LogP contribution in [0, 0.1) is 0 Å². The van der Waals surface area contributed by atoms with Crippen molar-refractivity contribution in [3.05, 3.63) is 48.7 Å². The Hall–Kier alpha value is -2.79. The Balaban J connectivity index is 1.64. The second-order valence-corrected chi connectivity index (χ2v) is 6.19. The monoisotopic (exact) mass is 336 g/mol. The summed E-state index contributed by atoms with van der Waals surface area (Å²) < 4.78 is 10.8. The molecule has 0 bridgehead atoms. The van der Waals surface area contributed by atoms with Crippen LogP contribution in [0.4, 0.5) is 5.69 Å². The highest BCUT2D eigenvalue weighted by molar-refractivity contribution is 5.98. The maximum absolute atomic E-state index is 12.2. The molecule has 25 heavy (non-hydrogen) atoms. The Bertz CT molecular complexity index is 910. The van der Waals surface area contributed by atoms with Crippen molar-refractivity contribution in [2.75, 3.05) is 19.0 Å². The molecule has 1 fully saturated rings. The fourth-order valence-corrected chi connectivity index (χ4v) is 3.24. The predicted octanol–water partition coefficient (Wildman–Crippen LogP) is 3.96. The van der Waals surface area contributed by atoms with Crippen molar-refractivity contribution < 1.29 is 14.3 Å². The summed E-state index contributed by atoms with van der Waals surface area (Å²) >= 11 is 0. The number of benzene rings is 2. The average Bonchev–Trinajstić information content (AvgIpc) is 3.31. The highest BCUT2D eigenvalue weighted by atomic mass is 16.5. The predicted molar refractivity (Wildman–Crippen MR) is 97.9 cm³/mol. The smallest absolute Gasteiger partial charge is 0.253 e. The lowest BCUT2D eigenvalue weighted by Crippen LogP contribution is -2.26. The second kappa shape index (κ2) is 6.61.